The molecule has 0 saturated carbocycles. The van der Waals surface area contributed by atoms with Gasteiger partial charge in [-0.1, -0.05) is 24.2 Å². The molecule has 0 saturated heterocycles. The Kier molecular flexibility index (Phi) is 6.39. The quantitative estimate of drug-likeness (QED) is 0.596. The van der Waals surface area contributed by atoms with Crippen LogP contribution >= 0.6 is 23.5 Å². The molecule has 0 amide bonds. The Morgan fingerprint density at radius 1 is 1.44 bits per heavy atom. The summed E-state index contributed by atoms with van der Waals surface area (Å²) in [6.45, 7) is 5.54. The van der Waals surface area contributed by atoms with E-state index in [9.17, 15) is 0 Å². The Hall–Kier alpha value is -1.39. The van der Waals surface area contributed by atoms with Crippen LogP contribution in [0.25, 0.3) is 0 Å². The molecule has 0 atom stereocenters. The summed E-state index contributed by atoms with van der Waals surface area (Å²) in [5, 5.41) is 5.55. The highest BCUT2D eigenvalue weighted by molar-refractivity contribution is 8.03. The number of halogens is 1. The molecule has 0 aromatic heterocycles. The number of hydrogen-bond donors (Lipinski definition) is 2. The van der Waals surface area contributed by atoms with Gasteiger partial charge in [0.2, 0.25) is 0 Å². The van der Waals surface area contributed by atoms with Crippen molar-refractivity contribution < 1.29 is 0 Å². The molecule has 1 aromatic carbocycles. The Balaban J connectivity index is 2.78. The van der Waals surface area contributed by atoms with Crippen LogP contribution in [0.15, 0.2) is 52.0 Å². The maximum absolute atomic E-state index is 6.04. The number of rotatable bonds is 6. The van der Waals surface area contributed by atoms with Crippen LogP contribution in [-0.4, -0.2) is 13.3 Å². The molecule has 5 heteroatoms. The molecule has 1 rings (SSSR count). The van der Waals surface area contributed by atoms with Crippen molar-refractivity contribution >= 4 is 41.1 Å². The standard InChI is InChI=1S/C13H16ClN3S/c1-4-18-17-12-7-5-6-11(8-12)16-10(2)13(14)9-15-3/h4-9,16-17H,1H2,2-3H3/b13-10-,15-9?. The summed E-state index contributed by atoms with van der Waals surface area (Å²) in [6, 6.07) is 7.91. The normalized spacial score (nSPS) is 12.2. The van der Waals surface area contributed by atoms with Gasteiger partial charge in [0.15, 0.2) is 0 Å². The molecule has 0 aliphatic carbocycles. The summed E-state index contributed by atoms with van der Waals surface area (Å²) >= 11 is 7.47. The minimum atomic E-state index is 0.594. The first-order valence-corrected chi connectivity index (χ1v) is 6.61. The molecular weight excluding hydrogens is 266 g/mol. The maximum Gasteiger partial charge on any atom is 0.0773 e. The highest BCUT2D eigenvalue weighted by Gasteiger charge is 1.99. The van der Waals surface area contributed by atoms with Crippen LogP contribution in [0.2, 0.25) is 0 Å². The number of nitrogens with zero attached hydrogens (tertiary/aromatic N) is 1. The van der Waals surface area contributed by atoms with Gasteiger partial charge in [-0.05, 0) is 42.5 Å². The second-order valence-corrected chi connectivity index (χ2v) is 4.63. The van der Waals surface area contributed by atoms with Crippen LogP contribution < -0.4 is 10.0 Å². The zero-order valence-corrected chi connectivity index (χ0v) is 12.0. The average molecular weight is 282 g/mol. The largest absolute Gasteiger partial charge is 0.358 e. The highest BCUT2D eigenvalue weighted by atomic mass is 35.5. The molecule has 2 N–H and O–H groups in total. The molecule has 0 unspecified atom stereocenters. The van der Waals surface area contributed by atoms with Crippen LogP contribution in [0.3, 0.4) is 0 Å². The third kappa shape index (κ3) is 4.85. The van der Waals surface area contributed by atoms with Gasteiger partial charge in [-0.15, -0.1) is 0 Å². The van der Waals surface area contributed by atoms with E-state index in [1.165, 1.54) is 11.9 Å². The first-order valence-electron chi connectivity index (χ1n) is 5.35. The summed E-state index contributed by atoms with van der Waals surface area (Å²) < 4.78 is 3.15. The van der Waals surface area contributed by atoms with Gasteiger partial charge in [0.05, 0.1) is 5.03 Å². The minimum absolute atomic E-state index is 0.594. The van der Waals surface area contributed by atoms with Crippen molar-refractivity contribution in [2.75, 3.05) is 17.1 Å². The van der Waals surface area contributed by atoms with Crippen LogP contribution in [-0.2, 0) is 0 Å². The Bertz CT molecular complexity index is 469. The van der Waals surface area contributed by atoms with E-state index in [2.05, 4.69) is 21.6 Å². The van der Waals surface area contributed by atoms with Gasteiger partial charge in [-0.25, -0.2) is 0 Å². The fourth-order valence-corrected chi connectivity index (χ4v) is 1.75. The number of hydrogen-bond acceptors (Lipinski definition) is 4. The molecule has 0 bridgehead atoms. The van der Waals surface area contributed by atoms with E-state index in [-0.39, 0.29) is 0 Å². The van der Waals surface area contributed by atoms with E-state index in [0.717, 1.165) is 17.1 Å². The fourth-order valence-electron chi connectivity index (χ4n) is 1.26. The lowest BCUT2D eigenvalue weighted by Crippen LogP contribution is -1.99. The predicted molar refractivity (Wildman–Crippen MR) is 84.4 cm³/mol. The van der Waals surface area contributed by atoms with Gasteiger partial charge in [0, 0.05) is 30.3 Å². The van der Waals surface area contributed by atoms with Crippen LogP contribution in [0.1, 0.15) is 6.92 Å². The summed E-state index contributed by atoms with van der Waals surface area (Å²) in [5.41, 5.74) is 2.82. The van der Waals surface area contributed by atoms with Crippen molar-refractivity contribution in [2.45, 2.75) is 6.92 Å². The minimum Gasteiger partial charge on any atom is -0.358 e. The van der Waals surface area contributed by atoms with Gasteiger partial charge in [0.25, 0.3) is 0 Å². The van der Waals surface area contributed by atoms with Crippen molar-refractivity contribution in [3.8, 4) is 0 Å². The van der Waals surface area contributed by atoms with E-state index in [4.69, 9.17) is 11.6 Å². The van der Waals surface area contributed by atoms with Gasteiger partial charge >= 0.3 is 0 Å². The molecule has 0 heterocycles. The van der Waals surface area contributed by atoms with Crippen molar-refractivity contribution in [2.24, 2.45) is 4.99 Å². The van der Waals surface area contributed by atoms with Gasteiger partial charge < -0.3 is 10.0 Å². The second-order valence-electron chi connectivity index (χ2n) is 3.45. The third-order valence-electron chi connectivity index (χ3n) is 2.06. The summed E-state index contributed by atoms with van der Waals surface area (Å²) in [4.78, 5) is 3.87. The van der Waals surface area contributed by atoms with Crippen molar-refractivity contribution in [1.29, 1.82) is 0 Å². The van der Waals surface area contributed by atoms with Gasteiger partial charge in [0.1, 0.15) is 0 Å². The zero-order valence-electron chi connectivity index (χ0n) is 10.4. The van der Waals surface area contributed by atoms with Crippen LogP contribution in [0, 0.1) is 0 Å². The molecular formula is C13H16ClN3S. The maximum atomic E-state index is 6.04. The lowest BCUT2D eigenvalue weighted by Gasteiger charge is -2.09. The SMILES string of the molecule is C=CSNc1cccc(N/C(C)=C(\Cl)C=NC)c1. The number of anilines is 2. The zero-order chi connectivity index (χ0) is 13.4. The van der Waals surface area contributed by atoms with E-state index in [1.807, 2.05) is 31.2 Å². The van der Waals surface area contributed by atoms with Gasteiger partial charge in [-0.3, -0.25) is 4.99 Å². The van der Waals surface area contributed by atoms with E-state index in [1.54, 1.807) is 18.7 Å². The molecule has 3 nitrogen and oxygen atoms in total. The fraction of sp³-hybridized carbons (Fsp3) is 0.154. The predicted octanol–water partition coefficient (Wildman–Crippen LogP) is 4.47. The summed E-state index contributed by atoms with van der Waals surface area (Å²) in [5.74, 6) is 0. The first-order chi connectivity index (χ1) is 8.67. The smallest absolute Gasteiger partial charge is 0.0773 e. The molecule has 0 fully saturated rings. The Morgan fingerprint density at radius 2 is 2.17 bits per heavy atom. The van der Waals surface area contributed by atoms with E-state index < -0.39 is 0 Å². The van der Waals surface area contributed by atoms with Crippen molar-refractivity contribution in [3.63, 3.8) is 0 Å². The Morgan fingerprint density at radius 3 is 2.83 bits per heavy atom. The second kappa shape index (κ2) is 7.84. The monoisotopic (exact) mass is 281 g/mol. The Labute approximate surface area is 117 Å². The summed E-state index contributed by atoms with van der Waals surface area (Å²) in [6.07, 6.45) is 1.61. The van der Waals surface area contributed by atoms with E-state index >= 15 is 0 Å². The van der Waals surface area contributed by atoms with E-state index in [0.29, 0.717) is 5.03 Å². The highest BCUT2D eigenvalue weighted by Crippen LogP contribution is 2.20. The molecule has 1 aromatic rings. The molecule has 0 aliphatic heterocycles. The summed E-state index contributed by atoms with van der Waals surface area (Å²) in [7, 11) is 1.69. The average Bonchev–Trinajstić information content (AvgIpc) is 2.37. The lowest BCUT2D eigenvalue weighted by molar-refractivity contribution is 1.37. The third-order valence-corrected chi connectivity index (χ3v) is 2.96. The number of nitrogens with one attached hydrogen (secondary N) is 2. The molecule has 0 radical (unpaired) electrons. The molecule has 0 spiro atoms. The van der Waals surface area contributed by atoms with Gasteiger partial charge in [-0.2, -0.15) is 0 Å². The number of aliphatic imine (C=N–C) groups is 1. The van der Waals surface area contributed by atoms with Crippen molar-refractivity contribution in [3.05, 3.63) is 47.0 Å². The van der Waals surface area contributed by atoms with Crippen LogP contribution in [0.5, 0.6) is 0 Å². The first kappa shape index (κ1) is 14.7. The topological polar surface area (TPSA) is 36.4 Å². The molecule has 0 aliphatic rings. The molecule has 96 valence electrons. The lowest BCUT2D eigenvalue weighted by atomic mass is 10.2. The van der Waals surface area contributed by atoms with Crippen LogP contribution in [0.4, 0.5) is 11.4 Å². The number of benzene rings is 1. The van der Waals surface area contributed by atoms with Crippen molar-refractivity contribution in [1.82, 2.24) is 0 Å². The number of allylic oxidation sites excluding steroid dienone is 2. The molecule has 18 heavy (non-hydrogen) atoms.